The lowest BCUT2D eigenvalue weighted by Gasteiger charge is -2.34. The first-order chi connectivity index (χ1) is 7.81. The average Bonchev–Trinajstić information content (AvgIpc) is 2.72. The Morgan fingerprint density at radius 2 is 2.38 bits per heavy atom. The number of piperidine rings is 1. The molecule has 0 aromatic carbocycles. The van der Waals surface area contributed by atoms with Crippen LogP contribution >= 0.6 is 15.9 Å². The number of nitrogens with zero attached hydrogens (tertiary/aromatic N) is 3. The van der Waals surface area contributed by atoms with E-state index in [1.165, 1.54) is 31.5 Å². The van der Waals surface area contributed by atoms with Gasteiger partial charge < -0.3 is 0 Å². The Kier molecular flexibility index (Phi) is 4.41. The zero-order valence-corrected chi connectivity index (χ0v) is 11.5. The molecule has 1 atom stereocenters. The first-order valence-electron chi connectivity index (χ1n) is 6.08. The maximum Gasteiger partial charge on any atom is 0.0492 e. The summed E-state index contributed by atoms with van der Waals surface area (Å²) in [5.41, 5.74) is 1.33. The van der Waals surface area contributed by atoms with Gasteiger partial charge in [0.05, 0.1) is 0 Å². The van der Waals surface area contributed by atoms with Crippen molar-refractivity contribution in [3.05, 3.63) is 18.0 Å². The second-order valence-electron chi connectivity index (χ2n) is 4.54. The lowest BCUT2D eigenvalue weighted by Crippen LogP contribution is -2.41. The highest BCUT2D eigenvalue weighted by Gasteiger charge is 2.20. The Bertz CT molecular complexity index is 324. The van der Waals surface area contributed by atoms with Crippen LogP contribution in [0.4, 0.5) is 0 Å². The predicted octanol–water partition coefficient (Wildman–Crippen LogP) is 2.21. The molecule has 1 aliphatic rings. The van der Waals surface area contributed by atoms with Crippen LogP contribution in [0.3, 0.4) is 0 Å². The second-order valence-corrected chi connectivity index (χ2v) is 5.18. The van der Waals surface area contributed by atoms with Crippen molar-refractivity contribution in [2.24, 2.45) is 7.05 Å². The molecule has 3 nitrogen and oxygen atoms in total. The third kappa shape index (κ3) is 2.86. The van der Waals surface area contributed by atoms with Gasteiger partial charge in [-0.3, -0.25) is 9.58 Å². The predicted molar refractivity (Wildman–Crippen MR) is 69.9 cm³/mol. The van der Waals surface area contributed by atoms with Crippen molar-refractivity contribution in [3.8, 4) is 0 Å². The molecule has 2 heterocycles. The fourth-order valence-electron chi connectivity index (χ4n) is 2.43. The maximum absolute atomic E-state index is 4.21. The van der Waals surface area contributed by atoms with E-state index >= 15 is 0 Å². The van der Waals surface area contributed by atoms with Crippen molar-refractivity contribution in [1.29, 1.82) is 0 Å². The van der Waals surface area contributed by atoms with E-state index in [-0.39, 0.29) is 0 Å². The normalized spacial score (nSPS) is 22.5. The zero-order valence-electron chi connectivity index (χ0n) is 9.90. The molecule has 90 valence electrons. The van der Waals surface area contributed by atoms with Crippen LogP contribution in [0.15, 0.2) is 12.3 Å². The van der Waals surface area contributed by atoms with E-state index in [0.29, 0.717) is 0 Å². The molecule has 2 rings (SSSR count). The Morgan fingerprint density at radius 1 is 1.50 bits per heavy atom. The number of hydrogen-bond acceptors (Lipinski definition) is 2. The molecule has 0 bridgehead atoms. The highest BCUT2D eigenvalue weighted by atomic mass is 79.9. The van der Waals surface area contributed by atoms with Gasteiger partial charge in [-0.2, -0.15) is 5.10 Å². The van der Waals surface area contributed by atoms with Gasteiger partial charge in [0.1, 0.15) is 0 Å². The second kappa shape index (κ2) is 5.82. The van der Waals surface area contributed by atoms with Crippen LogP contribution < -0.4 is 0 Å². The lowest BCUT2D eigenvalue weighted by molar-refractivity contribution is 0.166. The Morgan fingerprint density at radius 3 is 3.06 bits per heavy atom. The monoisotopic (exact) mass is 285 g/mol. The van der Waals surface area contributed by atoms with Gasteiger partial charge in [-0.05, 0) is 25.5 Å². The molecular formula is C12H20BrN3. The van der Waals surface area contributed by atoms with Gasteiger partial charge in [0, 0.05) is 43.3 Å². The number of likely N-dealkylation sites (tertiary alicyclic amines) is 1. The standard InChI is InChI=1S/C12H20BrN3/c1-15-11(5-7-14-15)6-9-16-8-3-2-4-12(16)10-13/h5,7,12H,2-4,6,8-10H2,1H3. The van der Waals surface area contributed by atoms with Crippen LogP contribution in [0.1, 0.15) is 25.0 Å². The molecule has 0 aliphatic carbocycles. The fraction of sp³-hybridized carbons (Fsp3) is 0.750. The first kappa shape index (κ1) is 12.1. The van der Waals surface area contributed by atoms with Crippen molar-refractivity contribution >= 4 is 15.9 Å². The van der Waals surface area contributed by atoms with Crippen LogP contribution in [0, 0.1) is 0 Å². The average molecular weight is 286 g/mol. The topological polar surface area (TPSA) is 21.1 Å². The molecule has 1 aromatic rings. The summed E-state index contributed by atoms with van der Waals surface area (Å²) in [7, 11) is 2.02. The van der Waals surface area contributed by atoms with E-state index < -0.39 is 0 Å². The number of rotatable bonds is 4. The SMILES string of the molecule is Cn1nccc1CCN1CCCCC1CBr. The Balaban J connectivity index is 1.86. The van der Waals surface area contributed by atoms with E-state index in [1.54, 1.807) is 0 Å². The van der Waals surface area contributed by atoms with Gasteiger partial charge in [-0.1, -0.05) is 22.4 Å². The smallest absolute Gasteiger partial charge is 0.0492 e. The molecule has 16 heavy (non-hydrogen) atoms. The van der Waals surface area contributed by atoms with Gasteiger partial charge in [-0.25, -0.2) is 0 Å². The van der Waals surface area contributed by atoms with Gasteiger partial charge in [0.2, 0.25) is 0 Å². The summed E-state index contributed by atoms with van der Waals surface area (Å²) in [5.74, 6) is 0. The van der Waals surface area contributed by atoms with Gasteiger partial charge >= 0.3 is 0 Å². The number of hydrogen-bond donors (Lipinski definition) is 0. The van der Waals surface area contributed by atoms with Crippen molar-refractivity contribution < 1.29 is 0 Å². The maximum atomic E-state index is 4.21. The van der Waals surface area contributed by atoms with E-state index in [4.69, 9.17) is 0 Å². The number of alkyl halides is 1. The third-order valence-electron chi connectivity index (χ3n) is 3.50. The summed E-state index contributed by atoms with van der Waals surface area (Å²) in [5, 5.41) is 5.32. The molecule has 4 heteroatoms. The Labute approximate surface area is 106 Å². The van der Waals surface area contributed by atoms with Crippen LogP contribution in [-0.2, 0) is 13.5 Å². The Hall–Kier alpha value is -0.350. The number of aromatic nitrogens is 2. The van der Waals surface area contributed by atoms with Crippen molar-refractivity contribution in [2.45, 2.75) is 31.7 Å². The molecule has 0 radical (unpaired) electrons. The lowest BCUT2D eigenvalue weighted by atomic mass is 10.0. The molecule has 1 saturated heterocycles. The van der Waals surface area contributed by atoms with E-state index in [1.807, 2.05) is 17.9 Å². The molecule has 1 fully saturated rings. The molecular weight excluding hydrogens is 266 g/mol. The van der Waals surface area contributed by atoms with Crippen LogP contribution in [0.5, 0.6) is 0 Å². The molecule has 0 N–H and O–H groups in total. The van der Waals surface area contributed by atoms with Crippen LogP contribution in [-0.4, -0.2) is 39.1 Å². The van der Waals surface area contributed by atoms with Crippen molar-refractivity contribution in [1.82, 2.24) is 14.7 Å². The quantitative estimate of drug-likeness (QED) is 0.791. The molecule has 1 aromatic heterocycles. The largest absolute Gasteiger partial charge is 0.299 e. The highest BCUT2D eigenvalue weighted by molar-refractivity contribution is 9.09. The summed E-state index contributed by atoms with van der Waals surface area (Å²) in [6.45, 7) is 2.42. The summed E-state index contributed by atoms with van der Waals surface area (Å²) >= 11 is 3.63. The molecule has 1 unspecified atom stereocenters. The molecule has 0 amide bonds. The van der Waals surface area contributed by atoms with Gasteiger partial charge in [0.25, 0.3) is 0 Å². The van der Waals surface area contributed by atoms with Gasteiger partial charge in [-0.15, -0.1) is 0 Å². The van der Waals surface area contributed by atoms with Gasteiger partial charge in [0.15, 0.2) is 0 Å². The fourth-order valence-corrected chi connectivity index (χ4v) is 3.17. The summed E-state index contributed by atoms with van der Waals surface area (Å²) in [6.07, 6.45) is 7.08. The molecule has 1 aliphatic heterocycles. The molecule has 0 spiro atoms. The third-order valence-corrected chi connectivity index (χ3v) is 4.25. The minimum Gasteiger partial charge on any atom is -0.299 e. The number of halogens is 1. The zero-order chi connectivity index (χ0) is 11.4. The van der Waals surface area contributed by atoms with E-state index in [9.17, 15) is 0 Å². The van der Waals surface area contributed by atoms with Crippen LogP contribution in [0.25, 0.3) is 0 Å². The van der Waals surface area contributed by atoms with Crippen LogP contribution in [0.2, 0.25) is 0 Å². The summed E-state index contributed by atoms with van der Waals surface area (Å²) in [4.78, 5) is 2.62. The van der Waals surface area contributed by atoms with Crippen molar-refractivity contribution in [2.75, 3.05) is 18.4 Å². The molecule has 0 saturated carbocycles. The first-order valence-corrected chi connectivity index (χ1v) is 7.20. The summed E-state index contributed by atoms with van der Waals surface area (Å²) < 4.78 is 1.98. The minimum absolute atomic E-state index is 0.738. The highest BCUT2D eigenvalue weighted by Crippen LogP contribution is 2.18. The minimum atomic E-state index is 0.738. The number of aryl methyl sites for hydroxylation is 1. The summed E-state index contributed by atoms with van der Waals surface area (Å²) in [6, 6.07) is 2.86. The van der Waals surface area contributed by atoms with E-state index in [2.05, 4.69) is 32.0 Å². The van der Waals surface area contributed by atoms with Crippen molar-refractivity contribution in [3.63, 3.8) is 0 Å². The van der Waals surface area contributed by atoms with E-state index in [0.717, 1.165) is 24.3 Å².